The van der Waals surface area contributed by atoms with Crippen molar-refractivity contribution in [1.29, 1.82) is 0 Å². The van der Waals surface area contributed by atoms with Gasteiger partial charge < -0.3 is 10.1 Å². The van der Waals surface area contributed by atoms with Gasteiger partial charge in [0.25, 0.3) is 0 Å². The summed E-state index contributed by atoms with van der Waals surface area (Å²) in [5, 5.41) is 3.32. The Hall–Kier alpha value is -1.68. The number of ketones is 1. The summed E-state index contributed by atoms with van der Waals surface area (Å²) < 4.78 is 18.3. The van der Waals surface area contributed by atoms with Gasteiger partial charge in [0.15, 0.2) is 5.78 Å². The highest BCUT2D eigenvalue weighted by Gasteiger charge is 2.24. The van der Waals surface area contributed by atoms with Gasteiger partial charge in [-0.15, -0.1) is 0 Å². The second-order valence-electron chi connectivity index (χ2n) is 4.71. The molecule has 94 valence electrons. The summed E-state index contributed by atoms with van der Waals surface area (Å²) in [5.41, 5.74) is 2.99. The van der Waals surface area contributed by atoms with Crippen LogP contribution < -0.4 is 5.32 Å². The fraction of sp³-hybridized carbons (Fsp3) is 0.357. The molecule has 18 heavy (non-hydrogen) atoms. The van der Waals surface area contributed by atoms with Crippen LogP contribution in [0.1, 0.15) is 23.6 Å². The number of halogens is 1. The average Bonchev–Trinajstić information content (AvgIpc) is 2.72. The first-order valence-electron chi connectivity index (χ1n) is 6.08. The van der Waals surface area contributed by atoms with Crippen molar-refractivity contribution in [1.82, 2.24) is 5.32 Å². The molecule has 0 spiro atoms. The molecule has 0 saturated carbocycles. The van der Waals surface area contributed by atoms with Crippen molar-refractivity contribution in [2.45, 2.75) is 18.9 Å². The maximum atomic E-state index is 13.1. The summed E-state index contributed by atoms with van der Waals surface area (Å²) in [6.45, 7) is 0.608. The summed E-state index contributed by atoms with van der Waals surface area (Å²) in [7, 11) is 0. The lowest BCUT2D eigenvalue weighted by molar-refractivity contribution is -0.119. The second-order valence-corrected chi connectivity index (χ2v) is 4.71. The molecule has 0 radical (unpaired) electrons. The zero-order chi connectivity index (χ0) is 12.5. The molecule has 1 aromatic carbocycles. The Morgan fingerprint density at radius 2 is 2.22 bits per heavy atom. The van der Waals surface area contributed by atoms with Gasteiger partial charge in [0.2, 0.25) is 0 Å². The Bertz CT molecular complexity index is 525. The highest BCUT2D eigenvalue weighted by atomic mass is 19.1. The summed E-state index contributed by atoms with van der Waals surface area (Å²) >= 11 is 0. The normalized spacial score (nSPS) is 22.6. The van der Waals surface area contributed by atoms with E-state index in [1.807, 2.05) is 6.07 Å². The Labute approximate surface area is 105 Å². The molecular formula is C14H14FNO2. The van der Waals surface area contributed by atoms with Crippen molar-refractivity contribution in [3.05, 3.63) is 46.9 Å². The Morgan fingerprint density at radius 1 is 1.33 bits per heavy atom. The standard InChI is InChI=1S/C14H14FNO2/c15-10-2-3-13-9(5-10)1-4-14(13)16-11-6-12(17)8-18-7-11/h2-3,5-6,14,16H,1,4,7-8H2/t14-/m1/s1. The van der Waals surface area contributed by atoms with E-state index in [0.717, 1.165) is 29.7 Å². The van der Waals surface area contributed by atoms with Crippen molar-refractivity contribution in [3.8, 4) is 0 Å². The number of rotatable bonds is 2. The van der Waals surface area contributed by atoms with E-state index in [1.54, 1.807) is 12.1 Å². The summed E-state index contributed by atoms with van der Waals surface area (Å²) in [6, 6.07) is 5.05. The second kappa shape index (κ2) is 4.53. The van der Waals surface area contributed by atoms with E-state index in [-0.39, 0.29) is 24.2 Å². The molecule has 2 aliphatic rings. The molecule has 1 atom stereocenters. The van der Waals surface area contributed by atoms with E-state index in [2.05, 4.69) is 5.32 Å². The van der Waals surface area contributed by atoms with E-state index in [9.17, 15) is 9.18 Å². The SMILES string of the molecule is O=C1C=C(N[C@@H]2CCc3cc(F)ccc32)COC1. The van der Waals surface area contributed by atoms with Gasteiger partial charge in [0.05, 0.1) is 12.6 Å². The maximum absolute atomic E-state index is 13.1. The quantitative estimate of drug-likeness (QED) is 0.867. The zero-order valence-electron chi connectivity index (χ0n) is 9.91. The van der Waals surface area contributed by atoms with Crippen LogP contribution in [-0.2, 0) is 16.0 Å². The molecule has 3 rings (SSSR count). The molecule has 0 saturated heterocycles. The monoisotopic (exact) mass is 247 g/mol. The highest BCUT2D eigenvalue weighted by Crippen LogP contribution is 2.32. The topological polar surface area (TPSA) is 38.3 Å². The summed E-state index contributed by atoms with van der Waals surface area (Å²) in [5.74, 6) is -0.203. The van der Waals surface area contributed by atoms with Crippen LogP contribution in [0.3, 0.4) is 0 Å². The number of fused-ring (bicyclic) bond motifs is 1. The first-order chi connectivity index (χ1) is 8.72. The van der Waals surface area contributed by atoms with Gasteiger partial charge in [0.1, 0.15) is 12.4 Å². The van der Waals surface area contributed by atoms with Crippen LogP contribution in [0.4, 0.5) is 4.39 Å². The summed E-state index contributed by atoms with van der Waals surface area (Å²) in [6.07, 6.45) is 3.39. The Morgan fingerprint density at radius 3 is 3.06 bits per heavy atom. The zero-order valence-corrected chi connectivity index (χ0v) is 9.91. The molecule has 0 fully saturated rings. The average molecular weight is 247 g/mol. The van der Waals surface area contributed by atoms with Crippen molar-refractivity contribution in [2.24, 2.45) is 0 Å². The van der Waals surface area contributed by atoms with Crippen LogP contribution >= 0.6 is 0 Å². The smallest absolute Gasteiger partial charge is 0.183 e. The molecule has 3 nitrogen and oxygen atoms in total. The molecule has 1 aromatic rings. The third-order valence-corrected chi connectivity index (χ3v) is 3.38. The van der Waals surface area contributed by atoms with Crippen molar-refractivity contribution < 1.29 is 13.9 Å². The van der Waals surface area contributed by atoms with Crippen LogP contribution in [-0.4, -0.2) is 19.0 Å². The molecule has 1 aliphatic carbocycles. The molecule has 4 heteroatoms. The number of benzene rings is 1. The van der Waals surface area contributed by atoms with Crippen LogP contribution in [0.5, 0.6) is 0 Å². The number of hydrogen-bond acceptors (Lipinski definition) is 3. The van der Waals surface area contributed by atoms with Crippen molar-refractivity contribution in [3.63, 3.8) is 0 Å². The van der Waals surface area contributed by atoms with Crippen molar-refractivity contribution >= 4 is 5.78 Å². The lowest BCUT2D eigenvalue weighted by Crippen LogP contribution is -2.27. The molecular weight excluding hydrogens is 233 g/mol. The predicted octanol–water partition coefficient (Wildman–Crippen LogP) is 1.89. The van der Waals surface area contributed by atoms with Gasteiger partial charge in [-0.05, 0) is 36.1 Å². The van der Waals surface area contributed by atoms with Gasteiger partial charge in [-0.1, -0.05) is 6.07 Å². The minimum Gasteiger partial charge on any atom is -0.380 e. The van der Waals surface area contributed by atoms with Crippen LogP contribution in [0.15, 0.2) is 30.0 Å². The number of carbonyl (C=O) groups excluding carboxylic acids is 1. The molecule has 0 aromatic heterocycles. The predicted molar refractivity (Wildman–Crippen MR) is 64.5 cm³/mol. The largest absolute Gasteiger partial charge is 0.380 e. The first-order valence-corrected chi connectivity index (χ1v) is 6.08. The molecule has 1 heterocycles. The molecule has 1 aliphatic heterocycles. The van der Waals surface area contributed by atoms with Gasteiger partial charge in [-0.25, -0.2) is 4.39 Å². The van der Waals surface area contributed by atoms with Crippen LogP contribution in [0.2, 0.25) is 0 Å². The van der Waals surface area contributed by atoms with Crippen LogP contribution in [0.25, 0.3) is 0 Å². The van der Waals surface area contributed by atoms with E-state index in [1.165, 1.54) is 6.07 Å². The number of ether oxygens (including phenoxy) is 1. The molecule has 1 N–H and O–H groups in total. The lowest BCUT2D eigenvalue weighted by Gasteiger charge is -2.20. The Balaban J connectivity index is 1.78. The van der Waals surface area contributed by atoms with Gasteiger partial charge in [-0.3, -0.25) is 4.79 Å². The van der Waals surface area contributed by atoms with E-state index in [4.69, 9.17) is 4.74 Å². The molecule has 0 bridgehead atoms. The molecule has 0 amide bonds. The highest BCUT2D eigenvalue weighted by molar-refractivity contribution is 5.92. The van der Waals surface area contributed by atoms with Gasteiger partial charge in [0, 0.05) is 11.8 Å². The number of aryl methyl sites for hydroxylation is 1. The number of hydrogen-bond donors (Lipinski definition) is 1. The third kappa shape index (κ3) is 2.16. The van der Waals surface area contributed by atoms with Gasteiger partial charge in [-0.2, -0.15) is 0 Å². The fourth-order valence-corrected chi connectivity index (χ4v) is 2.58. The number of nitrogens with one attached hydrogen (secondary N) is 1. The third-order valence-electron chi connectivity index (χ3n) is 3.38. The minimum absolute atomic E-state index is 0.0129. The van der Waals surface area contributed by atoms with E-state index < -0.39 is 0 Å². The van der Waals surface area contributed by atoms with Crippen LogP contribution in [0, 0.1) is 5.82 Å². The minimum atomic E-state index is -0.190. The lowest BCUT2D eigenvalue weighted by atomic mass is 10.1. The van der Waals surface area contributed by atoms with E-state index in [0.29, 0.717) is 6.61 Å². The maximum Gasteiger partial charge on any atom is 0.183 e. The van der Waals surface area contributed by atoms with Crippen molar-refractivity contribution in [2.75, 3.05) is 13.2 Å². The first kappa shape index (κ1) is 11.4. The van der Waals surface area contributed by atoms with E-state index >= 15 is 0 Å². The fourth-order valence-electron chi connectivity index (χ4n) is 2.58. The van der Waals surface area contributed by atoms with Gasteiger partial charge >= 0.3 is 0 Å². The molecule has 0 unspecified atom stereocenters. The Kier molecular flexibility index (Phi) is 2.88. The number of carbonyl (C=O) groups is 1. The summed E-state index contributed by atoms with van der Waals surface area (Å²) in [4.78, 5) is 11.2.